The molecule has 1 aromatic heterocycles. The molecule has 2 saturated carbocycles. The van der Waals surface area contributed by atoms with Crippen LogP contribution in [0.5, 0.6) is 0 Å². The first kappa shape index (κ1) is 14.4. The van der Waals surface area contributed by atoms with Gasteiger partial charge in [0.25, 0.3) is 0 Å². The lowest BCUT2D eigenvalue weighted by Crippen LogP contribution is -2.42. The molecule has 3 N–H and O–H groups in total. The van der Waals surface area contributed by atoms with Crippen LogP contribution in [0.25, 0.3) is 0 Å². The smallest absolute Gasteiger partial charge is 0.0850 e. The average molecular weight is 297 g/mol. The van der Waals surface area contributed by atoms with E-state index in [-0.39, 0.29) is 0 Å². The van der Waals surface area contributed by atoms with Crippen LogP contribution in [0.15, 0.2) is 0 Å². The van der Waals surface area contributed by atoms with Crippen LogP contribution < -0.4 is 11.3 Å². The van der Waals surface area contributed by atoms with Crippen molar-refractivity contribution in [2.75, 3.05) is 0 Å². The Morgan fingerprint density at radius 3 is 2.60 bits per heavy atom. The largest absolute Gasteiger partial charge is 0.271 e. The molecule has 2 aliphatic rings. The maximum Gasteiger partial charge on any atom is 0.0850 e. The van der Waals surface area contributed by atoms with Gasteiger partial charge in [0.05, 0.1) is 16.4 Å². The van der Waals surface area contributed by atoms with Crippen molar-refractivity contribution < 1.29 is 0 Å². The van der Waals surface area contributed by atoms with Gasteiger partial charge in [0.15, 0.2) is 0 Å². The summed E-state index contributed by atoms with van der Waals surface area (Å²) in [6.45, 7) is 5.07. The molecular weight excluding hydrogens is 272 g/mol. The van der Waals surface area contributed by atoms with E-state index in [1.165, 1.54) is 19.3 Å². The number of aryl methyl sites for hydroxylation is 2. The molecule has 0 aliphatic heterocycles. The third kappa shape index (κ3) is 2.49. The van der Waals surface area contributed by atoms with E-state index in [0.717, 1.165) is 47.6 Å². The van der Waals surface area contributed by atoms with Gasteiger partial charge in [0.2, 0.25) is 0 Å². The third-order valence-electron chi connectivity index (χ3n) is 5.17. The van der Waals surface area contributed by atoms with Crippen molar-refractivity contribution in [3.8, 4) is 0 Å². The lowest BCUT2D eigenvalue weighted by molar-refractivity contribution is 0.330. The molecule has 5 heteroatoms. The van der Waals surface area contributed by atoms with Crippen molar-refractivity contribution in [1.82, 2.24) is 15.2 Å². The second-order valence-electron chi connectivity index (χ2n) is 6.34. The molecule has 2 fully saturated rings. The minimum Gasteiger partial charge on any atom is -0.271 e. The van der Waals surface area contributed by atoms with Gasteiger partial charge in [-0.25, -0.2) is 0 Å². The summed E-state index contributed by atoms with van der Waals surface area (Å²) in [4.78, 5) is 0. The molecule has 1 heterocycles. The Morgan fingerprint density at radius 2 is 2.05 bits per heavy atom. The molecule has 20 heavy (non-hydrogen) atoms. The van der Waals surface area contributed by atoms with E-state index in [1.807, 2.05) is 4.68 Å². The lowest BCUT2D eigenvalue weighted by Gasteiger charge is -2.24. The van der Waals surface area contributed by atoms with E-state index < -0.39 is 0 Å². The summed E-state index contributed by atoms with van der Waals surface area (Å²) in [6.07, 6.45) is 5.88. The molecule has 3 atom stereocenters. The van der Waals surface area contributed by atoms with Crippen LogP contribution in [0.1, 0.15) is 44.5 Å². The molecule has 0 aromatic carbocycles. The van der Waals surface area contributed by atoms with Gasteiger partial charge in [-0.05, 0) is 50.4 Å². The predicted octanol–water partition coefficient (Wildman–Crippen LogP) is 2.54. The summed E-state index contributed by atoms with van der Waals surface area (Å²) >= 11 is 6.50. The Morgan fingerprint density at radius 1 is 1.35 bits per heavy atom. The van der Waals surface area contributed by atoms with E-state index in [1.54, 1.807) is 0 Å². The van der Waals surface area contributed by atoms with Gasteiger partial charge >= 0.3 is 0 Å². The zero-order chi connectivity index (χ0) is 14.3. The Balaban J connectivity index is 1.76. The number of halogens is 1. The molecular formula is C15H25ClN4. The number of hydrogen-bond acceptors (Lipinski definition) is 3. The molecule has 3 rings (SSSR count). The minimum atomic E-state index is 0.326. The molecule has 0 bridgehead atoms. The fraction of sp³-hybridized carbons (Fsp3) is 0.800. The van der Waals surface area contributed by atoms with Crippen LogP contribution in [0.4, 0.5) is 0 Å². The second-order valence-corrected chi connectivity index (χ2v) is 6.72. The summed E-state index contributed by atoms with van der Waals surface area (Å²) < 4.78 is 2.04. The Labute approximate surface area is 126 Å². The Hall–Kier alpha value is -0.580. The van der Waals surface area contributed by atoms with Gasteiger partial charge in [-0.1, -0.05) is 18.5 Å². The number of aromatic nitrogens is 2. The number of nitrogens with two attached hydrogens (primary N) is 1. The van der Waals surface area contributed by atoms with Crippen molar-refractivity contribution in [3.63, 3.8) is 0 Å². The first-order valence-electron chi connectivity index (χ1n) is 7.88. The third-order valence-corrected chi connectivity index (χ3v) is 5.61. The summed E-state index contributed by atoms with van der Waals surface area (Å²) in [7, 11) is 0. The van der Waals surface area contributed by atoms with Crippen molar-refractivity contribution in [3.05, 3.63) is 16.4 Å². The number of fused-ring (bicyclic) bond motifs is 1. The SMILES string of the molecule is CCc1nn(CC)c(CC(NN)C2CC3CC3C2)c1Cl. The summed E-state index contributed by atoms with van der Waals surface area (Å²) in [5.41, 5.74) is 5.20. The molecule has 2 aliphatic carbocycles. The van der Waals surface area contributed by atoms with Crippen LogP contribution in [0.3, 0.4) is 0 Å². The monoisotopic (exact) mass is 296 g/mol. The van der Waals surface area contributed by atoms with Crippen molar-refractivity contribution in [2.45, 2.75) is 58.5 Å². The van der Waals surface area contributed by atoms with Gasteiger partial charge in [0.1, 0.15) is 0 Å². The van der Waals surface area contributed by atoms with Gasteiger partial charge in [-0.2, -0.15) is 5.10 Å². The Kier molecular flexibility index (Phi) is 4.07. The molecule has 3 unspecified atom stereocenters. The number of hydrogen-bond donors (Lipinski definition) is 2. The van der Waals surface area contributed by atoms with Crippen LogP contribution in [-0.2, 0) is 19.4 Å². The van der Waals surface area contributed by atoms with Crippen molar-refractivity contribution in [1.29, 1.82) is 0 Å². The zero-order valence-corrected chi connectivity index (χ0v) is 13.2. The molecule has 4 nitrogen and oxygen atoms in total. The van der Waals surface area contributed by atoms with E-state index in [0.29, 0.717) is 12.0 Å². The van der Waals surface area contributed by atoms with E-state index in [9.17, 15) is 0 Å². The quantitative estimate of drug-likeness (QED) is 0.626. The first-order valence-corrected chi connectivity index (χ1v) is 8.25. The second kappa shape index (κ2) is 5.66. The number of nitrogens with one attached hydrogen (secondary N) is 1. The maximum absolute atomic E-state index is 6.50. The maximum atomic E-state index is 6.50. The summed E-state index contributed by atoms with van der Waals surface area (Å²) in [5, 5.41) is 5.45. The van der Waals surface area contributed by atoms with Crippen molar-refractivity contribution in [2.24, 2.45) is 23.6 Å². The highest BCUT2D eigenvalue weighted by Crippen LogP contribution is 2.55. The van der Waals surface area contributed by atoms with Crippen molar-refractivity contribution >= 4 is 11.6 Å². The van der Waals surface area contributed by atoms with E-state index in [4.69, 9.17) is 17.4 Å². The number of rotatable bonds is 6. The zero-order valence-electron chi connectivity index (χ0n) is 12.4. The van der Waals surface area contributed by atoms with Gasteiger partial charge in [0, 0.05) is 19.0 Å². The molecule has 1 aromatic rings. The molecule has 112 valence electrons. The van der Waals surface area contributed by atoms with E-state index in [2.05, 4.69) is 24.4 Å². The van der Waals surface area contributed by atoms with Crippen LogP contribution in [-0.4, -0.2) is 15.8 Å². The number of hydrazine groups is 1. The van der Waals surface area contributed by atoms with Crippen LogP contribution in [0, 0.1) is 17.8 Å². The van der Waals surface area contributed by atoms with Crippen LogP contribution >= 0.6 is 11.6 Å². The highest BCUT2D eigenvalue weighted by atomic mass is 35.5. The standard InChI is InChI=1S/C15H25ClN4/c1-3-12-15(16)14(20(4-2)19-12)8-13(18-17)11-6-9-5-10(9)7-11/h9-11,13,18H,3-8,17H2,1-2H3. The fourth-order valence-electron chi connectivity index (χ4n) is 3.87. The fourth-order valence-corrected chi connectivity index (χ4v) is 4.22. The Bertz CT molecular complexity index is 474. The minimum absolute atomic E-state index is 0.326. The highest BCUT2D eigenvalue weighted by Gasteiger charge is 2.47. The van der Waals surface area contributed by atoms with Gasteiger partial charge in [-0.15, -0.1) is 0 Å². The predicted molar refractivity (Wildman–Crippen MR) is 81.4 cm³/mol. The first-order chi connectivity index (χ1) is 9.67. The molecule has 0 saturated heterocycles. The normalized spacial score (nSPS) is 29.5. The lowest BCUT2D eigenvalue weighted by atomic mass is 9.91. The van der Waals surface area contributed by atoms with Gasteiger partial charge < -0.3 is 0 Å². The highest BCUT2D eigenvalue weighted by molar-refractivity contribution is 6.31. The van der Waals surface area contributed by atoms with Gasteiger partial charge in [-0.3, -0.25) is 16.0 Å². The molecule has 0 spiro atoms. The summed E-state index contributed by atoms with van der Waals surface area (Å²) in [6, 6.07) is 0.326. The molecule has 0 radical (unpaired) electrons. The topological polar surface area (TPSA) is 55.9 Å². The average Bonchev–Trinajstić information content (AvgIpc) is 2.94. The van der Waals surface area contributed by atoms with Crippen LogP contribution in [0.2, 0.25) is 5.02 Å². The number of nitrogens with zero attached hydrogens (tertiary/aromatic N) is 2. The molecule has 0 amide bonds. The van der Waals surface area contributed by atoms with E-state index >= 15 is 0 Å². The summed E-state index contributed by atoms with van der Waals surface area (Å²) in [5.74, 6) is 8.48.